The lowest BCUT2D eigenvalue weighted by Gasteiger charge is -2.04. The molecule has 0 atom stereocenters. The number of hydrogen-bond donors (Lipinski definition) is 0. The summed E-state index contributed by atoms with van der Waals surface area (Å²) in [4.78, 5) is 14.4. The Morgan fingerprint density at radius 2 is 1.94 bits per heavy atom. The number of rotatable bonds is 4. The van der Waals surface area contributed by atoms with Gasteiger partial charge in [-0.25, -0.2) is 17.4 Å². The summed E-state index contributed by atoms with van der Waals surface area (Å²) >= 11 is 0. The highest BCUT2D eigenvalue weighted by molar-refractivity contribution is 7.90. The van der Waals surface area contributed by atoms with Crippen molar-refractivity contribution in [3.63, 3.8) is 0 Å². The Kier molecular flexibility index (Phi) is 3.29. The van der Waals surface area contributed by atoms with Gasteiger partial charge in [-0.2, -0.15) is 0 Å². The molecule has 5 nitrogen and oxygen atoms in total. The fourth-order valence-corrected chi connectivity index (χ4v) is 2.65. The van der Waals surface area contributed by atoms with Gasteiger partial charge < -0.3 is 4.79 Å². The normalized spacial score (nSPS) is 11.4. The molecular weight excluding hydrogens is 252 g/mol. The Labute approximate surface area is 105 Å². The molecule has 1 aromatic carbocycles. The molecule has 0 fully saturated rings. The Hall–Kier alpha value is -1.95. The molecule has 0 amide bonds. The van der Waals surface area contributed by atoms with Crippen LogP contribution in [0.25, 0.3) is 0 Å². The van der Waals surface area contributed by atoms with Crippen LogP contribution in [0.2, 0.25) is 0 Å². The van der Waals surface area contributed by atoms with E-state index in [1.807, 2.05) is 6.92 Å². The van der Waals surface area contributed by atoms with Gasteiger partial charge in [-0.3, -0.25) is 0 Å². The molecule has 2 rings (SSSR count). The third-order valence-corrected chi connectivity index (χ3v) is 4.13. The van der Waals surface area contributed by atoms with Crippen LogP contribution in [0.15, 0.2) is 41.7 Å². The first-order valence-electron chi connectivity index (χ1n) is 5.33. The SMILES string of the molecule is Cc1ccc(S(=O)(=O)n2cnc(CC=O)c2)cc1. The van der Waals surface area contributed by atoms with Gasteiger partial charge in [0.25, 0.3) is 10.0 Å². The molecule has 2 aromatic rings. The monoisotopic (exact) mass is 264 g/mol. The van der Waals surface area contributed by atoms with E-state index in [4.69, 9.17) is 0 Å². The molecule has 94 valence electrons. The van der Waals surface area contributed by atoms with Crippen LogP contribution in [0.5, 0.6) is 0 Å². The molecule has 0 unspecified atom stereocenters. The van der Waals surface area contributed by atoms with Gasteiger partial charge in [-0.15, -0.1) is 0 Å². The predicted molar refractivity (Wildman–Crippen MR) is 65.8 cm³/mol. The quantitative estimate of drug-likeness (QED) is 0.777. The van der Waals surface area contributed by atoms with Crippen molar-refractivity contribution in [2.75, 3.05) is 0 Å². The van der Waals surface area contributed by atoms with Crippen molar-refractivity contribution in [1.29, 1.82) is 0 Å². The van der Waals surface area contributed by atoms with Crippen LogP contribution in [0, 0.1) is 6.92 Å². The van der Waals surface area contributed by atoms with E-state index >= 15 is 0 Å². The van der Waals surface area contributed by atoms with Crippen molar-refractivity contribution in [3.8, 4) is 0 Å². The average Bonchev–Trinajstić information content (AvgIpc) is 2.79. The van der Waals surface area contributed by atoms with E-state index in [1.54, 1.807) is 24.3 Å². The second kappa shape index (κ2) is 4.73. The third-order valence-electron chi connectivity index (χ3n) is 2.50. The molecule has 0 aliphatic carbocycles. The van der Waals surface area contributed by atoms with Crippen LogP contribution < -0.4 is 0 Å². The first-order chi connectivity index (χ1) is 8.54. The summed E-state index contributed by atoms with van der Waals surface area (Å²) in [7, 11) is -3.61. The molecular formula is C12H12N2O3S. The van der Waals surface area contributed by atoms with Gasteiger partial charge in [0, 0.05) is 12.6 Å². The fourth-order valence-electron chi connectivity index (χ4n) is 1.50. The number of carbonyl (C=O) groups excluding carboxylic acids is 1. The molecule has 0 radical (unpaired) electrons. The molecule has 0 saturated heterocycles. The van der Waals surface area contributed by atoms with Gasteiger partial charge in [-0.05, 0) is 19.1 Å². The zero-order valence-electron chi connectivity index (χ0n) is 9.78. The maximum Gasteiger partial charge on any atom is 0.268 e. The minimum absolute atomic E-state index is 0.108. The molecule has 0 spiro atoms. The highest BCUT2D eigenvalue weighted by Crippen LogP contribution is 2.14. The zero-order valence-corrected chi connectivity index (χ0v) is 10.6. The smallest absolute Gasteiger partial charge is 0.268 e. The van der Waals surface area contributed by atoms with Crippen molar-refractivity contribution < 1.29 is 13.2 Å². The molecule has 0 saturated carbocycles. The van der Waals surface area contributed by atoms with E-state index < -0.39 is 10.0 Å². The first-order valence-corrected chi connectivity index (χ1v) is 6.77. The summed E-state index contributed by atoms with van der Waals surface area (Å²) in [6, 6.07) is 6.56. The van der Waals surface area contributed by atoms with Crippen LogP contribution in [0.3, 0.4) is 0 Å². The van der Waals surface area contributed by atoms with Gasteiger partial charge in [0.2, 0.25) is 0 Å². The fraction of sp³-hybridized carbons (Fsp3) is 0.167. The van der Waals surface area contributed by atoms with Crippen molar-refractivity contribution in [3.05, 3.63) is 48.0 Å². The molecule has 0 aliphatic rings. The van der Waals surface area contributed by atoms with Gasteiger partial charge in [0.05, 0.1) is 10.6 Å². The maximum atomic E-state index is 12.2. The topological polar surface area (TPSA) is 69.0 Å². The number of aromatic nitrogens is 2. The van der Waals surface area contributed by atoms with Crippen molar-refractivity contribution in [2.45, 2.75) is 18.2 Å². The molecule has 1 aromatic heterocycles. The van der Waals surface area contributed by atoms with E-state index in [0.29, 0.717) is 12.0 Å². The maximum absolute atomic E-state index is 12.2. The van der Waals surface area contributed by atoms with Crippen molar-refractivity contribution in [2.24, 2.45) is 0 Å². The standard InChI is InChI=1S/C12H12N2O3S/c1-10-2-4-12(5-3-10)18(16,17)14-8-11(6-7-15)13-9-14/h2-5,7-9H,6H2,1H3. The number of aryl methyl sites for hydroxylation is 1. The largest absolute Gasteiger partial charge is 0.303 e. The lowest BCUT2D eigenvalue weighted by molar-refractivity contribution is -0.107. The lowest BCUT2D eigenvalue weighted by atomic mass is 10.2. The highest BCUT2D eigenvalue weighted by Gasteiger charge is 2.16. The summed E-state index contributed by atoms with van der Waals surface area (Å²) in [5.41, 5.74) is 1.42. The molecule has 1 heterocycles. The Morgan fingerprint density at radius 1 is 1.28 bits per heavy atom. The Bertz CT molecular complexity index is 657. The van der Waals surface area contributed by atoms with Gasteiger partial charge >= 0.3 is 0 Å². The molecule has 0 aliphatic heterocycles. The van der Waals surface area contributed by atoms with E-state index in [1.165, 1.54) is 12.5 Å². The van der Waals surface area contributed by atoms with Gasteiger partial charge in [0.1, 0.15) is 12.6 Å². The second-order valence-electron chi connectivity index (χ2n) is 3.88. The van der Waals surface area contributed by atoms with Crippen LogP contribution in [-0.2, 0) is 21.2 Å². The van der Waals surface area contributed by atoms with Crippen LogP contribution in [0.4, 0.5) is 0 Å². The molecule has 6 heteroatoms. The minimum Gasteiger partial charge on any atom is -0.303 e. The second-order valence-corrected chi connectivity index (χ2v) is 5.73. The predicted octanol–water partition coefficient (Wildman–Crippen LogP) is 1.17. The Balaban J connectivity index is 2.41. The number of carbonyl (C=O) groups is 1. The number of aldehydes is 1. The summed E-state index contributed by atoms with van der Waals surface area (Å²) in [6.07, 6.45) is 3.35. The zero-order chi connectivity index (χ0) is 13.2. The first kappa shape index (κ1) is 12.5. The summed E-state index contributed by atoms with van der Waals surface area (Å²) < 4.78 is 25.4. The number of benzene rings is 1. The number of nitrogens with zero attached hydrogens (tertiary/aromatic N) is 2. The van der Waals surface area contributed by atoms with Gasteiger partial charge in [0.15, 0.2) is 0 Å². The molecule has 0 bridgehead atoms. The summed E-state index contributed by atoms with van der Waals surface area (Å²) in [5, 5.41) is 0. The van der Waals surface area contributed by atoms with E-state index in [0.717, 1.165) is 9.54 Å². The van der Waals surface area contributed by atoms with Crippen LogP contribution in [-0.4, -0.2) is 23.7 Å². The third kappa shape index (κ3) is 2.33. The van der Waals surface area contributed by atoms with Gasteiger partial charge in [-0.1, -0.05) is 17.7 Å². The van der Waals surface area contributed by atoms with E-state index in [-0.39, 0.29) is 11.3 Å². The molecule has 18 heavy (non-hydrogen) atoms. The summed E-state index contributed by atoms with van der Waals surface area (Å²) in [6.45, 7) is 1.88. The van der Waals surface area contributed by atoms with Crippen molar-refractivity contribution >= 4 is 16.3 Å². The van der Waals surface area contributed by atoms with Crippen molar-refractivity contribution in [1.82, 2.24) is 8.96 Å². The molecule has 0 N–H and O–H groups in total. The highest BCUT2D eigenvalue weighted by atomic mass is 32.2. The summed E-state index contributed by atoms with van der Waals surface area (Å²) in [5.74, 6) is 0. The number of imidazole rings is 1. The van der Waals surface area contributed by atoms with E-state index in [9.17, 15) is 13.2 Å². The van der Waals surface area contributed by atoms with Crippen LogP contribution in [0.1, 0.15) is 11.3 Å². The Morgan fingerprint density at radius 3 is 2.56 bits per heavy atom. The van der Waals surface area contributed by atoms with E-state index in [2.05, 4.69) is 4.98 Å². The number of hydrogen-bond acceptors (Lipinski definition) is 4. The average molecular weight is 264 g/mol. The van der Waals surface area contributed by atoms with Crippen LogP contribution >= 0.6 is 0 Å². The minimum atomic E-state index is -3.61. The lowest BCUT2D eigenvalue weighted by Crippen LogP contribution is -2.10.